The molecule has 0 aliphatic carbocycles. The van der Waals surface area contributed by atoms with Gasteiger partial charge >= 0.3 is 6.09 Å². The monoisotopic (exact) mass is 692 g/mol. The predicted molar refractivity (Wildman–Crippen MR) is 178 cm³/mol. The molecule has 0 spiro atoms. The summed E-state index contributed by atoms with van der Waals surface area (Å²) in [6.45, 7) is 6.46. The van der Waals surface area contributed by atoms with E-state index in [-0.39, 0.29) is 46.0 Å². The number of ether oxygens (including phenoxy) is 1. The second-order valence-electron chi connectivity index (χ2n) is 11.7. The number of hydrogen-bond donors (Lipinski definition) is 3. The topological polar surface area (TPSA) is 117 Å². The van der Waals surface area contributed by atoms with Crippen LogP contribution in [-0.2, 0) is 26.0 Å². The molecule has 1 fully saturated rings. The zero-order chi connectivity index (χ0) is 33.6. The van der Waals surface area contributed by atoms with Gasteiger partial charge in [-0.3, -0.25) is 4.79 Å². The third-order valence-electron chi connectivity index (χ3n) is 8.18. The third kappa shape index (κ3) is 8.19. The van der Waals surface area contributed by atoms with Crippen LogP contribution >= 0.6 is 23.2 Å². The number of benzene rings is 3. The van der Waals surface area contributed by atoms with Gasteiger partial charge in [0.2, 0.25) is 15.9 Å². The van der Waals surface area contributed by atoms with Crippen molar-refractivity contribution < 1.29 is 27.1 Å². The second kappa shape index (κ2) is 15.6. The summed E-state index contributed by atoms with van der Waals surface area (Å²) < 4.78 is 49.3. The van der Waals surface area contributed by atoms with Crippen LogP contribution in [0.2, 0.25) is 10.0 Å². The Balaban J connectivity index is 1.62. The molecule has 1 saturated heterocycles. The molecule has 1 aliphatic rings. The minimum absolute atomic E-state index is 0.0128. The van der Waals surface area contributed by atoms with Gasteiger partial charge in [-0.05, 0) is 67.6 Å². The van der Waals surface area contributed by atoms with Crippen molar-refractivity contribution in [1.82, 2.24) is 14.9 Å². The summed E-state index contributed by atoms with van der Waals surface area (Å²) in [5, 5.41) is 9.40. The number of hydrogen-bond acceptors (Lipinski definition) is 6. The summed E-state index contributed by atoms with van der Waals surface area (Å²) in [6.07, 6.45) is -0.415. The lowest BCUT2D eigenvalue weighted by molar-refractivity contribution is -0.118. The van der Waals surface area contributed by atoms with Crippen molar-refractivity contribution in [2.24, 2.45) is 5.92 Å². The first kappa shape index (κ1) is 35.6. The van der Waals surface area contributed by atoms with Crippen LogP contribution in [0.1, 0.15) is 44.2 Å². The van der Waals surface area contributed by atoms with Crippen LogP contribution in [0.5, 0.6) is 0 Å². The first-order valence-corrected chi connectivity index (χ1v) is 17.2. The van der Waals surface area contributed by atoms with E-state index in [2.05, 4.69) is 16.0 Å². The van der Waals surface area contributed by atoms with E-state index in [0.717, 1.165) is 5.56 Å². The number of rotatable bonds is 11. The van der Waals surface area contributed by atoms with Crippen molar-refractivity contribution in [1.29, 1.82) is 0 Å². The Morgan fingerprint density at radius 2 is 1.74 bits per heavy atom. The molecule has 3 N–H and O–H groups in total. The van der Waals surface area contributed by atoms with E-state index >= 15 is 4.39 Å². The maximum absolute atomic E-state index is 15.4. The van der Waals surface area contributed by atoms with Crippen molar-refractivity contribution in [3.05, 3.63) is 93.7 Å². The fourth-order valence-electron chi connectivity index (χ4n) is 6.03. The Kier molecular flexibility index (Phi) is 12.1. The molecule has 2 amide bonds. The molecule has 0 saturated carbocycles. The minimum Gasteiger partial charge on any atom is -0.453 e. The zero-order valence-electron chi connectivity index (χ0n) is 26.1. The smallest absolute Gasteiger partial charge is 0.407 e. The Morgan fingerprint density at radius 3 is 2.39 bits per heavy atom. The number of piperazine rings is 1. The number of carbonyl (C=O) groups is 2. The molecule has 0 aromatic heterocycles. The average Bonchev–Trinajstić information content (AvgIpc) is 3.01. The SMILES string of the molecule is COC(=O)NC(C(=O)Nc1cccc(F)c1CCC1CNCC(C)N1S(=O)(=O)c1ccccc1Cl)C(c1ccc(Cl)cc1)C(C)C. The molecule has 0 bridgehead atoms. The number of anilines is 1. The second-order valence-corrected chi connectivity index (χ2v) is 14.3. The normalized spacial score (nSPS) is 18.5. The Labute approximate surface area is 279 Å². The van der Waals surface area contributed by atoms with E-state index in [1.807, 2.05) is 20.8 Å². The fourth-order valence-corrected chi connectivity index (χ4v) is 8.50. The van der Waals surface area contributed by atoms with Gasteiger partial charge in [0.15, 0.2) is 0 Å². The first-order chi connectivity index (χ1) is 21.8. The molecular formula is C33H39Cl2FN4O5S. The maximum Gasteiger partial charge on any atom is 0.407 e. The van der Waals surface area contributed by atoms with Gasteiger partial charge in [-0.2, -0.15) is 4.31 Å². The zero-order valence-corrected chi connectivity index (χ0v) is 28.4. The molecular weight excluding hydrogens is 654 g/mol. The number of methoxy groups -OCH3 is 1. The number of amides is 2. The molecule has 13 heteroatoms. The van der Waals surface area contributed by atoms with Crippen molar-refractivity contribution in [3.8, 4) is 0 Å². The number of nitrogens with zero attached hydrogens (tertiary/aromatic N) is 1. The lowest BCUT2D eigenvalue weighted by atomic mass is 9.82. The molecule has 4 rings (SSSR count). The van der Waals surface area contributed by atoms with Crippen LogP contribution in [0.4, 0.5) is 14.9 Å². The van der Waals surface area contributed by atoms with E-state index in [4.69, 9.17) is 27.9 Å². The van der Waals surface area contributed by atoms with Crippen LogP contribution in [0, 0.1) is 11.7 Å². The first-order valence-electron chi connectivity index (χ1n) is 15.0. The molecule has 0 radical (unpaired) electrons. The molecule has 4 unspecified atom stereocenters. The van der Waals surface area contributed by atoms with Gasteiger partial charge in [-0.1, -0.05) is 67.4 Å². The standard InChI is InChI=1S/C33H39Cl2FN4O5S/c1-20(2)30(22-12-14-23(34)15-13-22)31(39-33(42)45-4)32(41)38-28-10-7-9-27(36)25(28)17-16-24-19-37-18-21(3)40(24)46(43,44)29-11-6-5-8-26(29)35/h5-15,20-21,24,30-31,37H,16-19H2,1-4H3,(H,38,41)(H,39,42). The Morgan fingerprint density at radius 1 is 1.04 bits per heavy atom. The molecule has 3 aromatic rings. The molecule has 9 nitrogen and oxygen atoms in total. The highest BCUT2D eigenvalue weighted by molar-refractivity contribution is 7.89. The van der Waals surface area contributed by atoms with Crippen LogP contribution in [-0.4, -0.2) is 63.0 Å². The minimum atomic E-state index is -3.97. The molecule has 4 atom stereocenters. The van der Waals surface area contributed by atoms with E-state index in [1.165, 1.54) is 35.7 Å². The lowest BCUT2D eigenvalue weighted by Gasteiger charge is -2.40. The Hall–Kier alpha value is -3.22. The highest BCUT2D eigenvalue weighted by atomic mass is 35.5. The number of alkyl carbamates (subject to hydrolysis) is 1. The third-order valence-corrected chi connectivity index (χ3v) is 11.0. The summed E-state index contributed by atoms with van der Waals surface area (Å²) in [4.78, 5) is 26.3. The number of carbonyl (C=O) groups excluding carboxylic acids is 2. The van der Waals surface area contributed by atoms with Crippen LogP contribution < -0.4 is 16.0 Å². The fraction of sp³-hybridized carbons (Fsp3) is 0.394. The molecule has 1 heterocycles. The van der Waals surface area contributed by atoms with Crippen molar-refractivity contribution in [2.75, 3.05) is 25.5 Å². The highest BCUT2D eigenvalue weighted by Crippen LogP contribution is 2.33. The summed E-state index contributed by atoms with van der Waals surface area (Å²) in [5.74, 6) is -1.70. The molecule has 1 aliphatic heterocycles. The van der Waals surface area contributed by atoms with Gasteiger partial charge in [-0.15, -0.1) is 0 Å². The lowest BCUT2D eigenvalue weighted by Crippen LogP contribution is -2.58. The largest absolute Gasteiger partial charge is 0.453 e. The van der Waals surface area contributed by atoms with Gasteiger partial charge in [0.05, 0.1) is 12.1 Å². The van der Waals surface area contributed by atoms with E-state index in [1.54, 1.807) is 42.5 Å². The van der Waals surface area contributed by atoms with E-state index < -0.39 is 45.8 Å². The summed E-state index contributed by atoms with van der Waals surface area (Å²) in [5.41, 5.74) is 1.21. The Bertz CT molecular complexity index is 1640. The molecule has 46 heavy (non-hydrogen) atoms. The van der Waals surface area contributed by atoms with Crippen molar-refractivity contribution in [3.63, 3.8) is 0 Å². The summed E-state index contributed by atoms with van der Waals surface area (Å²) in [7, 11) is -2.76. The number of halogens is 3. The number of nitrogens with one attached hydrogen (secondary N) is 3. The predicted octanol–water partition coefficient (Wildman–Crippen LogP) is 6.22. The molecule has 3 aromatic carbocycles. The highest BCUT2D eigenvalue weighted by Gasteiger charge is 2.39. The maximum atomic E-state index is 15.4. The molecule has 248 valence electrons. The van der Waals surface area contributed by atoms with Crippen molar-refractivity contribution >= 4 is 50.9 Å². The van der Waals surface area contributed by atoms with Gasteiger partial charge < -0.3 is 20.7 Å². The van der Waals surface area contributed by atoms with Crippen LogP contribution in [0.15, 0.2) is 71.6 Å². The van der Waals surface area contributed by atoms with E-state index in [9.17, 15) is 18.0 Å². The van der Waals surface area contributed by atoms with E-state index in [0.29, 0.717) is 18.1 Å². The van der Waals surface area contributed by atoms with Crippen molar-refractivity contribution in [2.45, 2.75) is 62.6 Å². The van der Waals surface area contributed by atoms with Gasteiger partial charge in [0, 0.05) is 47.4 Å². The average molecular weight is 694 g/mol. The number of sulfonamides is 1. The van der Waals surface area contributed by atoms with Gasteiger partial charge in [0.25, 0.3) is 0 Å². The summed E-state index contributed by atoms with van der Waals surface area (Å²) >= 11 is 12.4. The quantitative estimate of drug-likeness (QED) is 0.220. The van der Waals surface area contributed by atoms with Crippen LogP contribution in [0.3, 0.4) is 0 Å². The van der Waals surface area contributed by atoms with Gasteiger partial charge in [-0.25, -0.2) is 17.6 Å². The van der Waals surface area contributed by atoms with Crippen LogP contribution in [0.25, 0.3) is 0 Å². The summed E-state index contributed by atoms with van der Waals surface area (Å²) in [6, 6.07) is 15.7. The van der Waals surface area contributed by atoms with Gasteiger partial charge in [0.1, 0.15) is 16.8 Å².